The molecule has 0 radical (unpaired) electrons. The van der Waals surface area contributed by atoms with E-state index in [-0.39, 0.29) is 0 Å². The summed E-state index contributed by atoms with van der Waals surface area (Å²) >= 11 is 0. The van der Waals surface area contributed by atoms with Gasteiger partial charge in [-0.2, -0.15) is 0 Å². The number of para-hydroxylation sites is 4. The molecule has 3 heterocycles. The maximum absolute atomic E-state index is 5.16. The lowest BCUT2D eigenvalue weighted by Crippen LogP contribution is -2.01. The van der Waals surface area contributed by atoms with Crippen molar-refractivity contribution in [1.29, 1.82) is 0 Å². The average Bonchev–Trinajstić information content (AvgIpc) is 3.88. The molecule has 0 aliphatic rings. The van der Waals surface area contributed by atoms with Crippen molar-refractivity contribution in [3.05, 3.63) is 224 Å². The van der Waals surface area contributed by atoms with Crippen molar-refractivity contribution in [3.8, 4) is 67.8 Å². The summed E-state index contributed by atoms with van der Waals surface area (Å²) in [6, 6.07) is 79.4. The van der Waals surface area contributed by atoms with Crippen molar-refractivity contribution in [2.24, 2.45) is 0 Å². The molecule has 9 aromatic carbocycles. The molecular formula is C57H37N5. The molecule has 0 N–H and O–H groups in total. The quantitative estimate of drug-likeness (QED) is 0.162. The minimum atomic E-state index is 0.613. The molecule has 0 saturated heterocycles. The topological polar surface area (TPSA) is 48.5 Å². The molecule has 0 aliphatic carbocycles. The molecule has 290 valence electrons. The zero-order valence-electron chi connectivity index (χ0n) is 33.6. The van der Waals surface area contributed by atoms with E-state index >= 15 is 0 Å². The van der Waals surface area contributed by atoms with E-state index in [2.05, 4.69) is 173 Å². The Morgan fingerprint density at radius 3 is 1.39 bits per heavy atom. The zero-order valence-corrected chi connectivity index (χ0v) is 33.6. The second-order valence-electron chi connectivity index (χ2n) is 15.6. The van der Waals surface area contributed by atoms with E-state index in [1.165, 1.54) is 38.1 Å². The van der Waals surface area contributed by atoms with Crippen LogP contribution in [0.25, 0.3) is 111 Å². The third kappa shape index (κ3) is 5.98. The summed E-state index contributed by atoms with van der Waals surface area (Å²) in [4.78, 5) is 15.3. The van der Waals surface area contributed by atoms with Gasteiger partial charge in [0, 0.05) is 55.2 Å². The Balaban J connectivity index is 1.09. The van der Waals surface area contributed by atoms with E-state index in [9.17, 15) is 0 Å². The summed E-state index contributed by atoms with van der Waals surface area (Å²) in [6.45, 7) is 0. The summed E-state index contributed by atoms with van der Waals surface area (Å²) in [5.41, 5.74) is 14.1. The van der Waals surface area contributed by atoms with Crippen LogP contribution in [-0.4, -0.2) is 24.1 Å². The zero-order chi connectivity index (χ0) is 41.0. The van der Waals surface area contributed by atoms with Crippen LogP contribution in [0.3, 0.4) is 0 Å². The number of nitrogens with zero attached hydrogens (tertiary/aromatic N) is 5. The van der Waals surface area contributed by atoms with Crippen LogP contribution in [0.2, 0.25) is 0 Å². The van der Waals surface area contributed by atoms with E-state index in [0.717, 1.165) is 55.8 Å². The Bertz CT molecular complexity index is 3550. The van der Waals surface area contributed by atoms with E-state index < -0.39 is 0 Å². The van der Waals surface area contributed by atoms with Crippen molar-refractivity contribution in [2.75, 3.05) is 0 Å². The monoisotopic (exact) mass is 791 g/mol. The molecule has 0 fully saturated rings. The van der Waals surface area contributed by atoms with Gasteiger partial charge in [-0.05, 0) is 71.3 Å². The molecule has 0 spiro atoms. The van der Waals surface area contributed by atoms with Crippen molar-refractivity contribution < 1.29 is 0 Å². The number of hydrogen-bond donors (Lipinski definition) is 0. The van der Waals surface area contributed by atoms with Crippen LogP contribution >= 0.6 is 0 Å². The lowest BCUT2D eigenvalue weighted by molar-refractivity contribution is 1.07. The van der Waals surface area contributed by atoms with Gasteiger partial charge < -0.3 is 9.13 Å². The van der Waals surface area contributed by atoms with Gasteiger partial charge in [0.1, 0.15) is 0 Å². The largest absolute Gasteiger partial charge is 0.309 e. The molecular weight excluding hydrogens is 755 g/mol. The fraction of sp³-hybridized carbons (Fsp3) is 0. The smallest absolute Gasteiger partial charge is 0.164 e. The molecule has 3 aromatic heterocycles. The van der Waals surface area contributed by atoms with Crippen LogP contribution in [-0.2, 0) is 0 Å². The Morgan fingerprint density at radius 1 is 0.258 bits per heavy atom. The first-order chi connectivity index (χ1) is 30.7. The molecule has 0 bridgehead atoms. The highest BCUT2D eigenvalue weighted by molar-refractivity contribution is 6.15. The molecule has 0 aliphatic heterocycles. The fourth-order valence-electron chi connectivity index (χ4n) is 9.12. The van der Waals surface area contributed by atoms with Crippen molar-refractivity contribution in [3.63, 3.8) is 0 Å². The SMILES string of the molecule is c1ccc(-c2cc(-c3nc(-c4ccccc4)nc(-c4ccccc4)n3)cc(-n3c4ccccc4c4cc(-c5cccc6c7ccccc7n(-c7ccccc7)c56)ccc43)c2)cc1. The minimum Gasteiger partial charge on any atom is -0.309 e. The Hall–Kier alpha value is -8.41. The van der Waals surface area contributed by atoms with Crippen LogP contribution in [0, 0.1) is 0 Å². The van der Waals surface area contributed by atoms with Gasteiger partial charge in [-0.15, -0.1) is 0 Å². The third-order valence-corrected chi connectivity index (χ3v) is 11.9. The summed E-state index contributed by atoms with van der Waals surface area (Å²) in [7, 11) is 0. The standard InChI is InChI=1S/C57H37N5/c1-5-18-38(19-6-1)42-34-43(57-59-55(39-20-7-2-8-21-39)58-56(60-57)40-22-9-3-10-23-40)36-45(35-42)61-51-30-15-14-27-48(51)50-37-41(32-33-53(50)61)46-28-17-29-49-47-26-13-16-31-52(47)62(54(46)49)44-24-11-4-12-25-44/h1-37H. The molecule has 0 amide bonds. The molecule has 0 atom stereocenters. The normalized spacial score (nSPS) is 11.5. The first-order valence-electron chi connectivity index (χ1n) is 20.9. The van der Waals surface area contributed by atoms with Gasteiger partial charge in [0.25, 0.3) is 0 Å². The number of rotatable bonds is 7. The van der Waals surface area contributed by atoms with Gasteiger partial charge in [0.15, 0.2) is 17.5 Å². The van der Waals surface area contributed by atoms with Crippen molar-refractivity contribution >= 4 is 43.6 Å². The molecule has 0 saturated carbocycles. The predicted molar refractivity (Wildman–Crippen MR) is 256 cm³/mol. The molecule has 12 aromatic rings. The van der Waals surface area contributed by atoms with Crippen LogP contribution in [0.4, 0.5) is 0 Å². The lowest BCUT2D eigenvalue weighted by Gasteiger charge is -2.15. The number of hydrogen-bond acceptors (Lipinski definition) is 3. The second-order valence-corrected chi connectivity index (χ2v) is 15.6. The third-order valence-electron chi connectivity index (χ3n) is 11.9. The summed E-state index contributed by atoms with van der Waals surface area (Å²) < 4.78 is 4.81. The first kappa shape index (κ1) is 35.5. The maximum Gasteiger partial charge on any atom is 0.164 e. The molecule has 5 heteroatoms. The molecule has 62 heavy (non-hydrogen) atoms. The lowest BCUT2D eigenvalue weighted by atomic mass is 9.99. The van der Waals surface area contributed by atoms with E-state index in [1.54, 1.807) is 0 Å². The van der Waals surface area contributed by atoms with Crippen molar-refractivity contribution in [1.82, 2.24) is 24.1 Å². The average molecular weight is 792 g/mol. The van der Waals surface area contributed by atoms with E-state index in [0.29, 0.717) is 17.5 Å². The molecule has 5 nitrogen and oxygen atoms in total. The highest BCUT2D eigenvalue weighted by atomic mass is 15.0. The number of fused-ring (bicyclic) bond motifs is 6. The fourth-order valence-corrected chi connectivity index (χ4v) is 9.12. The second kappa shape index (κ2) is 14.7. The highest BCUT2D eigenvalue weighted by Crippen LogP contribution is 2.41. The summed E-state index contributed by atoms with van der Waals surface area (Å²) in [5, 5.41) is 4.84. The first-order valence-corrected chi connectivity index (χ1v) is 20.9. The van der Waals surface area contributed by atoms with Crippen LogP contribution in [0.15, 0.2) is 224 Å². The van der Waals surface area contributed by atoms with Gasteiger partial charge >= 0.3 is 0 Å². The van der Waals surface area contributed by atoms with Crippen LogP contribution < -0.4 is 0 Å². The molecule has 12 rings (SSSR count). The van der Waals surface area contributed by atoms with E-state index in [4.69, 9.17) is 15.0 Å². The van der Waals surface area contributed by atoms with Gasteiger partial charge in [0.2, 0.25) is 0 Å². The van der Waals surface area contributed by atoms with Crippen LogP contribution in [0.5, 0.6) is 0 Å². The van der Waals surface area contributed by atoms with Gasteiger partial charge in [-0.25, -0.2) is 15.0 Å². The highest BCUT2D eigenvalue weighted by Gasteiger charge is 2.20. The predicted octanol–water partition coefficient (Wildman–Crippen LogP) is 14.4. The maximum atomic E-state index is 5.16. The minimum absolute atomic E-state index is 0.613. The number of benzene rings is 9. The summed E-state index contributed by atoms with van der Waals surface area (Å²) in [6.07, 6.45) is 0. The molecule has 0 unspecified atom stereocenters. The van der Waals surface area contributed by atoms with E-state index in [1.807, 2.05) is 60.7 Å². The van der Waals surface area contributed by atoms with Crippen molar-refractivity contribution in [2.45, 2.75) is 0 Å². The van der Waals surface area contributed by atoms with Gasteiger partial charge in [-0.1, -0.05) is 170 Å². The Kier molecular flexibility index (Phi) is 8.42. The van der Waals surface area contributed by atoms with Gasteiger partial charge in [-0.3, -0.25) is 0 Å². The van der Waals surface area contributed by atoms with Gasteiger partial charge in [0.05, 0.1) is 22.1 Å². The Morgan fingerprint density at radius 2 is 0.742 bits per heavy atom. The van der Waals surface area contributed by atoms with Crippen LogP contribution in [0.1, 0.15) is 0 Å². The number of aromatic nitrogens is 5. The Labute approximate surface area is 358 Å². The summed E-state index contributed by atoms with van der Waals surface area (Å²) in [5.74, 6) is 1.88.